The fourth-order valence-corrected chi connectivity index (χ4v) is 4.20. The number of carbonyl (C=O) groups excluding carboxylic acids is 2. The molecule has 1 fully saturated rings. The summed E-state index contributed by atoms with van der Waals surface area (Å²) < 4.78 is 41.5. The molecule has 2 heterocycles. The predicted molar refractivity (Wildman–Crippen MR) is 128 cm³/mol. The first-order valence-electron chi connectivity index (χ1n) is 10.0. The molecule has 34 heavy (non-hydrogen) atoms. The molecule has 0 saturated carbocycles. The molecule has 0 aliphatic carbocycles. The van der Waals surface area contributed by atoms with E-state index in [1.54, 1.807) is 18.2 Å². The molecular weight excluding hydrogens is 487 g/mol. The second-order valence-electron chi connectivity index (χ2n) is 7.64. The zero-order chi connectivity index (χ0) is 24.8. The minimum atomic E-state index is -4.60. The van der Waals surface area contributed by atoms with Crippen molar-refractivity contribution in [3.8, 4) is 5.69 Å². The topological polar surface area (TPSA) is 54.3 Å². The van der Waals surface area contributed by atoms with E-state index in [-0.39, 0.29) is 16.4 Å². The van der Waals surface area contributed by atoms with Gasteiger partial charge in [-0.1, -0.05) is 17.7 Å². The molecule has 174 valence electrons. The normalized spacial score (nSPS) is 15.8. The van der Waals surface area contributed by atoms with Crippen LogP contribution in [-0.4, -0.2) is 21.5 Å². The van der Waals surface area contributed by atoms with Gasteiger partial charge in [0.1, 0.15) is 5.57 Å². The third kappa shape index (κ3) is 4.36. The molecule has 1 aliphatic heterocycles. The van der Waals surface area contributed by atoms with Crippen LogP contribution in [0.1, 0.15) is 22.5 Å². The Hall–Kier alpha value is -3.43. The second kappa shape index (κ2) is 8.73. The maximum Gasteiger partial charge on any atom is 0.416 e. The van der Waals surface area contributed by atoms with Crippen LogP contribution in [0.5, 0.6) is 0 Å². The Morgan fingerprint density at radius 3 is 2.32 bits per heavy atom. The van der Waals surface area contributed by atoms with Crippen LogP contribution in [0.3, 0.4) is 0 Å². The summed E-state index contributed by atoms with van der Waals surface area (Å²) in [4.78, 5) is 26.7. The van der Waals surface area contributed by atoms with Crippen molar-refractivity contribution in [2.45, 2.75) is 20.0 Å². The number of aryl methyl sites for hydroxylation is 1. The second-order valence-corrected chi connectivity index (χ2v) is 8.47. The summed E-state index contributed by atoms with van der Waals surface area (Å²) >= 11 is 11.1. The Labute approximate surface area is 203 Å². The number of aromatic nitrogens is 1. The zero-order valence-electron chi connectivity index (χ0n) is 17.9. The third-order valence-electron chi connectivity index (χ3n) is 5.39. The highest BCUT2D eigenvalue weighted by molar-refractivity contribution is 7.80. The quantitative estimate of drug-likeness (QED) is 0.288. The van der Waals surface area contributed by atoms with E-state index in [1.165, 1.54) is 18.2 Å². The van der Waals surface area contributed by atoms with Crippen molar-refractivity contribution >= 4 is 52.5 Å². The first-order valence-corrected chi connectivity index (χ1v) is 10.8. The lowest BCUT2D eigenvalue weighted by Gasteiger charge is -2.29. The molecule has 1 saturated heterocycles. The number of halogens is 4. The summed E-state index contributed by atoms with van der Waals surface area (Å²) in [5.74, 6) is -1.54. The highest BCUT2D eigenvalue weighted by Crippen LogP contribution is 2.33. The van der Waals surface area contributed by atoms with Crippen LogP contribution in [0, 0.1) is 13.8 Å². The maximum atomic E-state index is 13.2. The van der Waals surface area contributed by atoms with Crippen LogP contribution in [0.25, 0.3) is 11.8 Å². The number of nitrogens with one attached hydrogen (secondary N) is 1. The highest BCUT2D eigenvalue weighted by atomic mass is 35.5. The molecule has 0 bridgehead atoms. The number of carbonyl (C=O) groups is 2. The van der Waals surface area contributed by atoms with Crippen molar-refractivity contribution in [3.05, 3.63) is 87.7 Å². The van der Waals surface area contributed by atoms with Gasteiger partial charge < -0.3 is 4.57 Å². The highest BCUT2D eigenvalue weighted by Gasteiger charge is 2.36. The molecule has 2 amide bonds. The van der Waals surface area contributed by atoms with E-state index in [0.717, 1.165) is 34.1 Å². The van der Waals surface area contributed by atoms with E-state index in [0.29, 0.717) is 10.6 Å². The van der Waals surface area contributed by atoms with E-state index in [4.69, 9.17) is 23.8 Å². The van der Waals surface area contributed by atoms with Crippen LogP contribution in [0.4, 0.5) is 18.9 Å². The number of rotatable bonds is 3. The smallest absolute Gasteiger partial charge is 0.318 e. The SMILES string of the molecule is Cc1cc(C=C2C(=O)NC(=S)N(c3cccc(C(F)(F)F)c3)C2=O)c(C)n1-c1ccc(Cl)cc1. The minimum absolute atomic E-state index is 0.0950. The van der Waals surface area contributed by atoms with E-state index in [1.807, 2.05) is 30.5 Å². The fourth-order valence-electron chi connectivity index (χ4n) is 3.79. The van der Waals surface area contributed by atoms with Gasteiger partial charge in [-0.15, -0.1) is 0 Å². The maximum absolute atomic E-state index is 13.2. The van der Waals surface area contributed by atoms with Gasteiger partial charge in [0, 0.05) is 22.1 Å². The molecule has 1 aliphatic rings. The fraction of sp³-hybridized carbons (Fsp3) is 0.125. The van der Waals surface area contributed by atoms with E-state index in [2.05, 4.69) is 5.32 Å². The van der Waals surface area contributed by atoms with Gasteiger partial charge in [-0.25, -0.2) is 0 Å². The molecule has 0 unspecified atom stereocenters. The van der Waals surface area contributed by atoms with Gasteiger partial charge in [0.2, 0.25) is 0 Å². The van der Waals surface area contributed by atoms with Crippen molar-refractivity contribution in [1.82, 2.24) is 9.88 Å². The van der Waals surface area contributed by atoms with Gasteiger partial charge in [0.15, 0.2) is 5.11 Å². The number of alkyl halides is 3. The lowest BCUT2D eigenvalue weighted by molar-refractivity contribution is -0.137. The predicted octanol–water partition coefficient (Wildman–Crippen LogP) is 5.60. The number of thiocarbonyl (C=S) groups is 1. The summed E-state index contributed by atoms with van der Waals surface area (Å²) in [6.07, 6.45) is -3.19. The van der Waals surface area contributed by atoms with Crippen LogP contribution >= 0.6 is 23.8 Å². The molecule has 0 spiro atoms. The lowest BCUT2D eigenvalue weighted by Crippen LogP contribution is -2.54. The summed E-state index contributed by atoms with van der Waals surface area (Å²) in [5, 5.41) is 2.69. The van der Waals surface area contributed by atoms with Crippen molar-refractivity contribution < 1.29 is 22.8 Å². The molecule has 4 rings (SSSR count). The van der Waals surface area contributed by atoms with Gasteiger partial charge in [-0.2, -0.15) is 13.2 Å². The molecule has 5 nitrogen and oxygen atoms in total. The average Bonchev–Trinajstić information content (AvgIpc) is 3.04. The first-order chi connectivity index (χ1) is 16.0. The van der Waals surface area contributed by atoms with Crippen LogP contribution in [-0.2, 0) is 15.8 Å². The Balaban J connectivity index is 1.75. The molecule has 3 aromatic rings. The zero-order valence-corrected chi connectivity index (χ0v) is 19.5. The van der Waals surface area contributed by atoms with Gasteiger partial charge >= 0.3 is 6.18 Å². The Bertz CT molecular complexity index is 1360. The summed E-state index contributed by atoms with van der Waals surface area (Å²) in [6, 6.07) is 13.2. The third-order valence-corrected chi connectivity index (χ3v) is 5.92. The van der Waals surface area contributed by atoms with Crippen molar-refractivity contribution in [2.75, 3.05) is 4.90 Å². The molecule has 0 radical (unpaired) electrons. The van der Waals surface area contributed by atoms with Gasteiger partial charge in [-0.05, 0) is 86.2 Å². The average molecular weight is 504 g/mol. The van der Waals surface area contributed by atoms with Crippen LogP contribution in [0.2, 0.25) is 5.02 Å². The first kappa shape index (κ1) is 23.7. The molecule has 1 N–H and O–H groups in total. The van der Waals surface area contributed by atoms with Gasteiger partial charge in [-0.3, -0.25) is 19.8 Å². The minimum Gasteiger partial charge on any atom is -0.318 e. The monoisotopic (exact) mass is 503 g/mol. The largest absolute Gasteiger partial charge is 0.416 e. The van der Waals surface area contributed by atoms with Crippen molar-refractivity contribution in [2.24, 2.45) is 0 Å². The molecular formula is C24H17ClF3N3O2S. The lowest BCUT2D eigenvalue weighted by atomic mass is 10.1. The standard InChI is InChI=1S/C24H17ClF3N3O2S/c1-13-10-15(14(2)30(13)18-8-6-17(25)7-9-18)11-20-21(32)29-23(34)31(22(20)33)19-5-3-4-16(12-19)24(26,27)28/h3-12H,1-2H3,(H,29,32,34). The summed E-state index contributed by atoms with van der Waals surface area (Å²) in [7, 11) is 0. The Morgan fingerprint density at radius 1 is 1.00 bits per heavy atom. The Kier molecular flexibility index (Phi) is 6.09. The van der Waals surface area contributed by atoms with Crippen LogP contribution < -0.4 is 10.2 Å². The summed E-state index contributed by atoms with van der Waals surface area (Å²) in [5.41, 5.74) is 1.77. The van der Waals surface area contributed by atoms with Gasteiger partial charge in [0.05, 0.1) is 11.3 Å². The number of anilines is 1. The number of benzene rings is 2. The van der Waals surface area contributed by atoms with Gasteiger partial charge in [0.25, 0.3) is 11.8 Å². The summed E-state index contributed by atoms with van der Waals surface area (Å²) in [6.45, 7) is 3.70. The van der Waals surface area contributed by atoms with Crippen LogP contribution in [0.15, 0.2) is 60.2 Å². The van der Waals surface area contributed by atoms with E-state index >= 15 is 0 Å². The number of hydrogen-bond donors (Lipinski definition) is 1. The molecule has 2 aromatic carbocycles. The van der Waals surface area contributed by atoms with E-state index < -0.39 is 23.6 Å². The molecule has 0 atom stereocenters. The number of nitrogens with zero attached hydrogens (tertiary/aromatic N) is 2. The van der Waals surface area contributed by atoms with Crippen molar-refractivity contribution in [3.63, 3.8) is 0 Å². The van der Waals surface area contributed by atoms with Crippen molar-refractivity contribution in [1.29, 1.82) is 0 Å². The van der Waals surface area contributed by atoms with E-state index in [9.17, 15) is 22.8 Å². The molecule has 10 heteroatoms. The number of hydrogen-bond acceptors (Lipinski definition) is 3. The number of amides is 2. The Morgan fingerprint density at radius 2 is 1.68 bits per heavy atom. The molecule has 1 aromatic heterocycles.